The molecule has 1 unspecified atom stereocenters. The SMILES string of the molecule is CCOC(=O)C(c1ccccn1)N1CCN(C(=O)OCC(C)C)CC1. The summed E-state index contributed by atoms with van der Waals surface area (Å²) >= 11 is 0. The van der Waals surface area contributed by atoms with Crippen molar-refractivity contribution in [3.05, 3.63) is 30.1 Å². The highest BCUT2D eigenvalue weighted by Gasteiger charge is 2.33. The lowest BCUT2D eigenvalue weighted by molar-refractivity contribution is -0.150. The minimum atomic E-state index is -0.546. The first-order valence-corrected chi connectivity index (χ1v) is 8.76. The molecule has 0 aliphatic carbocycles. The van der Waals surface area contributed by atoms with E-state index in [9.17, 15) is 9.59 Å². The largest absolute Gasteiger partial charge is 0.465 e. The van der Waals surface area contributed by atoms with Gasteiger partial charge in [0, 0.05) is 32.4 Å². The molecule has 0 aromatic carbocycles. The predicted octanol–water partition coefficient (Wildman–Crippen LogP) is 2.10. The molecule has 0 bridgehead atoms. The van der Waals surface area contributed by atoms with Gasteiger partial charge in [0.05, 0.1) is 18.9 Å². The zero-order chi connectivity index (χ0) is 18.2. The first-order valence-electron chi connectivity index (χ1n) is 8.76. The first-order chi connectivity index (χ1) is 12.0. The lowest BCUT2D eigenvalue weighted by Crippen LogP contribution is -2.51. The Bertz CT molecular complexity index is 557. The van der Waals surface area contributed by atoms with Crippen LogP contribution in [0.4, 0.5) is 4.79 Å². The number of carbonyl (C=O) groups excluding carboxylic acids is 2. The van der Waals surface area contributed by atoms with Crippen molar-refractivity contribution in [2.75, 3.05) is 39.4 Å². The van der Waals surface area contributed by atoms with Crippen LogP contribution < -0.4 is 0 Å². The summed E-state index contributed by atoms with van der Waals surface area (Å²) in [7, 11) is 0. The zero-order valence-corrected chi connectivity index (χ0v) is 15.2. The Balaban J connectivity index is 1.99. The third-order valence-corrected chi connectivity index (χ3v) is 3.96. The van der Waals surface area contributed by atoms with E-state index in [2.05, 4.69) is 4.98 Å². The number of esters is 1. The van der Waals surface area contributed by atoms with Gasteiger partial charge in [0.2, 0.25) is 0 Å². The molecule has 0 radical (unpaired) electrons. The van der Waals surface area contributed by atoms with Crippen molar-refractivity contribution in [3.8, 4) is 0 Å². The van der Waals surface area contributed by atoms with Gasteiger partial charge in [0.15, 0.2) is 6.04 Å². The Labute approximate surface area is 148 Å². The molecule has 1 atom stereocenters. The molecular weight excluding hydrogens is 322 g/mol. The average Bonchev–Trinajstić information content (AvgIpc) is 2.61. The molecule has 7 nitrogen and oxygen atoms in total. The van der Waals surface area contributed by atoms with Crippen LogP contribution in [0.2, 0.25) is 0 Å². The molecular formula is C18H27N3O4. The van der Waals surface area contributed by atoms with Gasteiger partial charge in [-0.2, -0.15) is 0 Å². The van der Waals surface area contributed by atoms with Gasteiger partial charge >= 0.3 is 12.1 Å². The molecule has 7 heteroatoms. The normalized spacial score (nSPS) is 16.6. The standard InChI is InChI=1S/C18H27N3O4/c1-4-24-17(22)16(15-7-5-6-8-19-15)20-9-11-21(12-10-20)18(23)25-13-14(2)3/h5-8,14,16H,4,9-13H2,1-3H3. The molecule has 1 aromatic heterocycles. The predicted molar refractivity (Wildman–Crippen MR) is 92.9 cm³/mol. The minimum absolute atomic E-state index is 0.293. The van der Waals surface area contributed by atoms with Gasteiger partial charge in [-0.3, -0.25) is 9.88 Å². The lowest BCUT2D eigenvalue weighted by Gasteiger charge is -2.37. The van der Waals surface area contributed by atoms with E-state index < -0.39 is 6.04 Å². The molecule has 138 valence electrons. The molecule has 1 aliphatic rings. The summed E-state index contributed by atoms with van der Waals surface area (Å²) < 4.78 is 10.5. The minimum Gasteiger partial charge on any atom is -0.465 e. The van der Waals surface area contributed by atoms with Crippen LogP contribution in [-0.2, 0) is 14.3 Å². The van der Waals surface area contributed by atoms with Gasteiger partial charge in [0.25, 0.3) is 0 Å². The Morgan fingerprint density at radius 1 is 1.16 bits per heavy atom. The Morgan fingerprint density at radius 2 is 1.88 bits per heavy atom. The molecule has 2 heterocycles. The van der Waals surface area contributed by atoms with Crippen LogP contribution in [0, 0.1) is 5.92 Å². The van der Waals surface area contributed by atoms with Crippen molar-refractivity contribution < 1.29 is 19.1 Å². The summed E-state index contributed by atoms with van der Waals surface area (Å²) in [5.41, 5.74) is 0.664. The number of pyridine rings is 1. The number of carbonyl (C=O) groups is 2. The molecule has 2 rings (SSSR count). The number of rotatable bonds is 6. The number of aromatic nitrogens is 1. The Kier molecular flexibility index (Phi) is 7.18. The van der Waals surface area contributed by atoms with Crippen LogP contribution in [0.25, 0.3) is 0 Å². The molecule has 1 saturated heterocycles. The van der Waals surface area contributed by atoms with Crippen LogP contribution in [0.3, 0.4) is 0 Å². The van der Waals surface area contributed by atoms with E-state index in [0.717, 1.165) is 0 Å². The van der Waals surface area contributed by atoms with Gasteiger partial charge in [-0.25, -0.2) is 9.59 Å². The monoisotopic (exact) mass is 349 g/mol. The number of piperazine rings is 1. The number of amides is 1. The second-order valence-electron chi connectivity index (χ2n) is 6.40. The van der Waals surface area contributed by atoms with Crippen molar-refractivity contribution in [3.63, 3.8) is 0 Å². The summed E-state index contributed by atoms with van der Waals surface area (Å²) in [6, 6.07) is 4.95. The number of hydrogen-bond donors (Lipinski definition) is 0. The third kappa shape index (κ3) is 5.42. The lowest BCUT2D eigenvalue weighted by atomic mass is 10.1. The highest BCUT2D eigenvalue weighted by atomic mass is 16.6. The molecule has 1 aliphatic heterocycles. The quantitative estimate of drug-likeness (QED) is 0.733. The van der Waals surface area contributed by atoms with Gasteiger partial charge in [-0.15, -0.1) is 0 Å². The van der Waals surface area contributed by atoms with Crippen molar-refractivity contribution in [2.45, 2.75) is 26.8 Å². The van der Waals surface area contributed by atoms with E-state index >= 15 is 0 Å². The molecule has 25 heavy (non-hydrogen) atoms. The first kappa shape index (κ1) is 19.2. The second kappa shape index (κ2) is 9.36. The summed E-state index contributed by atoms with van der Waals surface area (Å²) in [6.45, 7) is 8.69. The van der Waals surface area contributed by atoms with Crippen LogP contribution in [0.15, 0.2) is 24.4 Å². The zero-order valence-electron chi connectivity index (χ0n) is 15.2. The van der Waals surface area contributed by atoms with E-state index in [-0.39, 0.29) is 12.1 Å². The van der Waals surface area contributed by atoms with Crippen molar-refractivity contribution in [1.29, 1.82) is 0 Å². The topological polar surface area (TPSA) is 72.0 Å². The average molecular weight is 349 g/mol. The van der Waals surface area contributed by atoms with Crippen molar-refractivity contribution >= 4 is 12.1 Å². The van der Waals surface area contributed by atoms with Crippen molar-refractivity contribution in [1.82, 2.24) is 14.8 Å². The van der Waals surface area contributed by atoms with Crippen LogP contribution in [-0.4, -0.2) is 66.2 Å². The number of nitrogens with zero attached hydrogens (tertiary/aromatic N) is 3. The maximum Gasteiger partial charge on any atom is 0.409 e. The molecule has 0 N–H and O–H groups in total. The number of ether oxygens (including phenoxy) is 2. The van der Waals surface area contributed by atoms with E-state index in [1.165, 1.54) is 0 Å². The van der Waals surface area contributed by atoms with Gasteiger partial charge in [0.1, 0.15) is 0 Å². The molecule has 1 aromatic rings. The number of hydrogen-bond acceptors (Lipinski definition) is 6. The third-order valence-electron chi connectivity index (χ3n) is 3.96. The summed E-state index contributed by atoms with van der Waals surface area (Å²) in [5.74, 6) is -0.000349. The van der Waals surface area contributed by atoms with Gasteiger partial charge in [-0.1, -0.05) is 19.9 Å². The fraction of sp³-hybridized carbons (Fsp3) is 0.611. The van der Waals surface area contributed by atoms with E-state index in [4.69, 9.17) is 9.47 Å². The summed E-state index contributed by atoms with van der Waals surface area (Å²) in [5, 5.41) is 0. The Morgan fingerprint density at radius 3 is 2.44 bits per heavy atom. The van der Waals surface area contributed by atoms with Crippen LogP contribution >= 0.6 is 0 Å². The molecule has 1 amide bonds. The summed E-state index contributed by atoms with van der Waals surface area (Å²) in [6.07, 6.45) is 1.38. The van der Waals surface area contributed by atoms with Gasteiger partial charge in [-0.05, 0) is 25.0 Å². The molecule has 1 fully saturated rings. The fourth-order valence-electron chi connectivity index (χ4n) is 2.71. The van der Waals surface area contributed by atoms with Crippen molar-refractivity contribution in [2.24, 2.45) is 5.92 Å². The Hall–Kier alpha value is -2.15. The highest BCUT2D eigenvalue weighted by Crippen LogP contribution is 2.22. The van der Waals surface area contributed by atoms with Crippen LogP contribution in [0.1, 0.15) is 32.5 Å². The molecule has 0 saturated carbocycles. The van der Waals surface area contributed by atoms with E-state index in [0.29, 0.717) is 51.0 Å². The smallest absolute Gasteiger partial charge is 0.409 e. The van der Waals surface area contributed by atoms with E-state index in [1.54, 1.807) is 18.0 Å². The highest BCUT2D eigenvalue weighted by molar-refractivity contribution is 5.77. The van der Waals surface area contributed by atoms with E-state index in [1.807, 2.05) is 36.9 Å². The summed E-state index contributed by atoms with van der Waals surface area (Å²) in [4.78, 5) is 32.5. The fourth-order valence-corrected chi connectivity index (χ4v) is 2.71. The maximum atomic E-state index is 12.4. The second-order valence-corrected chi connectivity index (χ2v) is 6.40. The molecule has 0 spiro atoms. The van der Waals surface area contributed by atoms with Crippen LogP contribution in [0.5, 0.6) is 0 Å². The van der Waals surface area contributed by atoms with Gasteiger partial charge < -0.3 is 14.4 Å². The maximum absolute atomic E-state index is 12.4.